The lowest BCUT2D eigenvalue weighted by molar-refractivity contribution is -0.131. The Morgan fingerprint density at radius 2 is 2.27 bits per heavy atom. The van der Waals surface area contributed by atoms with Crippen molar-refractivity contribution in [3.8, 4) is 6.07 Å². The minimum Gasteiger partial charge on any atom is -0.478 e. The van der Waals surface area contributed by atoms with E-state index in [-0.39, 0.29) is 0 Å². The Kier molecular flexibility index (Phi) is 2.26. The van der Waals surface area contributed by atoms with Crippen LogP contribution in [0.5, 0.6) is 0 Å². The molecule has 1 aliphatic carbocycles. The van der Waals surface area contributed by atoms with Gasteiger partial charge >= 0.3 is 5.97 Å². The van der Waals surface area contributed by atoms with Crippen molar-refractivity contribution in [1.29, 1.82) is 5.26 Å². The number of aliphatic carboxylic acids is 1. The number of hydrogen-bond acceptors (Lipinski definition) is 2. The third-order valence-corrected chi connectivity index (χ3v) is 2.57. The summed E-state index contributed by atoms with van der Waals surface area (Å²) >= 11 is 0. The number of benzene rings is 1. The van der Waals surface area contributed by atoms with Gasteiger partial charge < -0.3 is 5.11 Å². The summed E-state index contributed by atoms with van der Waals surface area (Å²) in [5.41, 5.74) is 2.66. The van der Waals surface area contributed by atoms with Crippen LogP contribution in [0, 0.1) is 11.3 Å². The number of carboxylic acids is 1. The third-order valence-electron chi connectivity index (χ3n) is 2.57. The maximum atomic E-state index is 10.6. The number of nitriles is 1. The number of carboxylic acid groups (broad SMARTS) is 1. The van der Waals surface area contributed by atoms with Crippen LogP contribution < -0.4 is 0 Å². The van der Waals surface area contributed by atoms with Gasteiger partial charge in [-0.3, -0.25) is 0 Å². The second kappa shape index (κ2) is 3.58. The highest BCUT2D eigenvalue weighted by Gasteiger charge is 2.27. The van der Waals surface area contributed by atoms with Crippen LogP contribution in [0.2, 0.25) is 0 Å². The topological polar surface area (TPSA) is 61.1 Å². The molecule has 0 aliphatic heterocycles. The van der Waals surface area contributed by atoms with Crippen LogP contribution in [0.15, 0.2) is 35.9 Å². The predicted molar refractivity (Wildman–Crippen MR) is 54.2 cm³/mol. The quantitative estimate of drug-likeness (QED) is 0.702. The fraction of sp³-hybridized carbons (Fsp3) is 0.167. The predicted octanol–water partition coefficient (Wildman–Crippen LogP) is 1.86. The first-order chi connectivity index (χ1) is 7.22. The van der Waals surface area contributed by atoms with Gasteiger partial charge in [-0.15, -0.1) is 0 Å². The molecule has 1 aromatic carbocycles. The van der Waals surface area contributed by atoms with Crippen molar-refractivity contribution in [3.05, 3.63) is 47.0 Å². The molecule has 0 fully saturated rings. The summed E-state index contributed by atoms with van der Waals surface area (Å²) in [6, 6.07) is 9.73. The summed E-state index contributed by atoms with van der Waals surface area (Å²) in [4.78, 5) is 10.6. The van der Waals surface area contributed by atoms with E-state index < -0.39 is 11.9 Å². The van der Waals surface area contributed by atoms with Gasteiger partial charge in [0, 0.05) is 6.08 Å². The molecule has 15 heavy (non-hydrogen) atoms. The van der Waals surface area contributed by atoms with Gasteiger partial charge in [0.05, 0.1) is 12.0 Å². The van der Waals surface area contributed by atoms with Gasteiger partial charge in [0.1, 0.15) is 0 Å². The standard InChI is InChI=1S/C12H9NO2/c13-7-11-9(6-12(14)15)5-8-3-1-2-4-10(8)11/h1-4,6,11H,5H2,(H,14,15). The van der Waals surface area contributed by atoms with Gasteiger partial charge in [-0.1, -0.05) is 24.3 Å². The fourth-order valence-corrected chi connectivity index (χ4v) is 1.94. The van der Waals surface area contributed by atoms with Crippen molar-refractivity contribution in [2.45, 2.75) is 12.3 Å². The molecule has 0 radical (unpaired) electrons. The van der Waals surface area contributed by atoms with Crippen LogP contribution in [0.25, 0.3) is 0 Å². The van der Waals surface area contributed by atoms with E-state index in [4.69, 9.17) is 10.4 Å². The van der Waals surface area contributed by atoms with Gasteiger partial charge in [-0.25, -0.2) is 4.79 Å². The normalized spacial score (nSPS) is 21.0. The molecule has 0 saturated heterocycles. The molecular formula is C12H9NO2. The van der Waals surface area contributed by atoms with Crippen molar-refractivity contribution in [3.63, 3.8) is 0 Å². The van der Waals surface area contributed by atoms with Crippen molar-refractivity contribution in [1.82, 2.24) is 0 Å². The highest BCUT2D eigenvalue weighted by atomic mass is 16.4. The van der Waals surface area contributed by atoms with Crippen LogP contribution in [-0.2, 0) is 11.2 Å². The molecule has 3 heteroatoms. The highest BCUT2D eigenvalue weighted by molar-refractivity contribution is 5.81. The second-order valence-corrected chi connectivity index (χ2v) is 3.50. The van der Waals surface area contributed by atoms with Gasteiger partial charge in [0.2, 0.25) is 0 Å². The first-order valence-corrected chi connectivity index (χ1v) is 4.63. The Hall–Kier alpha value is -2.08. The number of fused-ring (bicyclic) bond motifs is 1. The van der Waals surface area contributed by atoms with Gasteiger partial charge in [0.25, 0.3) is 0 Å². The Labute approximate surface area is 87.3 Å². The molecule has 1 N–H and O–H groups in total. The lowest BCUT2D eigenvalue weighted by Gasteiger charge is -2.01. The smallest absolute Gasteiger partial charge is 0.328 e. The summed E-state index contributed by atoms with van der Waals surface area (Å²) in [6.45, 7) is 0. The summed E-state index contributed by atoms with van der Waals surface area (Å²) < 4.78 is 0. The van der Waals surface area contributed by atoms with E-state index in [0.717, 1.165) is 17.2 Å². The summed E-state index contributed by atoms with van der Waals surface area (Å²) in [6.07, 6.45) is 1.72. The zero-order valence-electron chi connectivity index (χ0n) is 7.97. The number of carbonyl (C=O) groups is 1. The van der Waals surface area contributed by atoms with Crippen molar-refractivity contribution < 1.29 is 9.90 Å². The molecule has 2 rings (SSSR count). The van der Waals surface area contributed by atoms with E-state index in [1.807, 2.05) is 24.3 Å². The molecule has 0 spiro atoms. The third kappa shape index (κ3) is 1.62. The molecular weight excluding hydrogens is 190 g/mol. The average Bonchev–Trinajstić information content (AvgIpc) is 2.53. The van der Waals surface area contributed by atoms with E-state index in [0.29, 0.717) is 12.0 Å². The molecule has 1 atom stereocenters. The van der Waals surface area contributed by atoms with E-state index in [9.17, 15) is 4.79 Å². The van der Waals surface area contributed by atoms with E-state index in [1.54, 1.807) is 0 Å². The minimum absolute atomic E-state index is 0.391. The SMILES string of the molecule is N#CC1C(=CC(=O)O)Cc2ccccc21. The lowest BCUT2D eigenvalue weighted by Crippen LogP contribution is -1.97. The van der Waals surface area contributed by atoms with Crippen LogP contribution in [0.4, 0.5) is 0 Å². The zero-order valence-corrected chi connectivity index (χ0v) is 7.97. The number of hydrogen-bond donors (Lipinski definition) is 1. The van der Waals surface area contributed by atoms with Gasteiger partial charge in [-0.05, 0) is 23.1 Å². The van der Waals surface area contributed by atoms with Gasteiger partial charge in [0.15, 0.2) is 0 Å². The van der Waals surface area contributed by atoms with Crippen molar-refractivity contribution in [2.24, 2.45) is 0 Å². The number of rotatable bonds is 1. The largest absolute Gasteiger partial charge is 0.478 e. The van der Waals surface area contributed by atoms with Crippen LogP contribution in [0.1, 0.15) is 17.0 Å². The summed E-state index contributed by atoms with van der Waals surface area (Å²) in [5, 5.41) is 17.7. The Morgan fingerprint density at radius 1 is 1.53 bits per heavy atom. The molecule has 0 amide bonds. The van der Waals surface area contributed by atoms with E-state index in [1.165, 1.54) is 0 Å². The summed E-state index contributed by atoms with van der Waals surface area (Å²) in [5.74, 6) is -1.38. The second-order valence-electron chi connectivity index (χ2n) is 3.50. The number of nitrogens with zero attached hydrogens (tertiary/aromatic N) is 1. The molecule has 1 aliphatic rings. The molecule has 1 unspecified atom stereocenters. The Bertz CT molecular complexity index is 483. The molecule has 0 aromatic heterocycles. The van der Waals surface area contributed by atoms with Crippen LogP contribution >= 0.6 is 0 Å². The Balaban J connectivity index is 2.47. The average molecular weight is 199 g/mol. The molecule has 0 bridgehead atoms. The van der Waals surface area contributed by atoms with Crippen molar-refractivity contribution >= 4 is 5.97 Å². The highest BCUT2D eigenvalue weighted by Crippen LogP contribution is 2.36. The van der Waals surface area contributed by atoms with Crippen molar-refractivity contribution in [2.75, 3.05) is 0 Å². The van der Waals surface area contributed by atoms with Gasteiger partial charge in [-0.2, -0.15) is 5.26 Å². The molecule has 0 saturated carbocycles. The minimum atomic E-state index is -0.988. The molecule has 0 heterocycles. The number of allylic oxidation sites excluding steroid dienone is 1. The van der Waals surface area contributed by atoms with E-state index >= 15 is 0 Å². The van der Waals surface area contributed by atoms with Crippen LogP contribution in [0.3, 0.4) is 0 Å². The maximum Gasteiger partial charge on any atom is 0.328 e. The first kappa shape index (κ1) is 9.47. The zero-order chi connectivity index (χ0) is 10.8. The molecule has 3 nitrogen and oxygen atoms in total. The monoisotopic (exact) mass is 199 g/mol. The molecule has 74 valence electrons. The lowest BCUT2D eigenvalue weighted by atomic mass is 9.99. The summed E-state index contributed by atoms with van der Waals surface area (Å²) in [7, 11) is 0. The Morgan fingerprint density at radius 3 is 2.93 bits per heavy atom. The van der Waals surface area contributed by atoms with E-state index in [2.05, 4.69) is 6.07 Å². The molecule has 1 aromatic rings. The first-order valence-electron chi connectivity index (χ1n) is 4.63. The maximum absolute atomic E-state index is 10.6. The van der Waals surface area contributed by atoms with Crippen LogP contribution in [-0.4, -0.2) is 11.1 Å². The fourth-order valence-electron chi connectivity index (χ4n) is 1.94.